The normalized spacial score (nSPS) is 10.5. The molecule has 0 saturated heterocycles. The van der Waals surface area contributed by atoms with E-state index in [1.54, 1.807) is 6.07 Å². The smallest absolute Gasteiger partial charge is 0.174 e. The highest BCUT2D eigenvalue weighted by Crippen LogP contribution is 2.35. The van der Waals surface area contributed by atoms with E-state index in [1.165, 1.54) is 12.1 Å². The minimum absolute atomic E-state index is 0.272. The highest BCUT2D eigenvalue weighted by molar-refractivity contribution is 14.1. The number of nitrogens with one attached hydrogen (secondary N) is 1. The summed E-state index contributed by atoms with van der Waals surface area (Å²) in [4.78, 5) is 0. The molecule has 1 N–H and O–H groups in total. The van der Waals surface area contributed by atoms with Gasteiger partial charge in [0.05, 0.1) is 16.8 Å². The Morgan fingerprint density at radius 3 is 2.33 bits per heavy atom. The Kier molecular flexibility index (Phi) is 8.19. The molecule has 0 aromatic heterocycles. The number of ether oxygens (including phenoxy) is 3. The van der Waals surface area contributed by atoms with Crippen LogP contribution in [-0.2, 0) is 13.2 Å². The fourth-order valence-electron chi connectivity index (χ4n) is 2.95. The average Bonchev–Trinajstić information content (AvgIpc) is 2.73. The van der Waals surface area contributed by atoms with Gasteiger partial charge >= 0.3 is 0 Å². The van der Waals surface area contributed by atoms with Crippen LogP contribution in [0, 0.1) is 9.39 Å². The minimum atomic E-state index is -0.272. The molecule has 0 bridgehead atoms. The van der Waals surface area contributed by atoms with Crippen molar-refractivity contribution in [3.8, 4) is 17.2 Å². The summed E-state index contributed by atoms with van der Waals surface area (Å²) >= 11 is 2.25. The molecule has 158 valence electrons. The van der Waals surface area contributed by atoms with Crippen LogP contribution in [0.3, 0.4) is 0 Å². The fraction of sp³-hybridized carbons (Fsp3) is 0.250. The van der Waals surface area contributed by atoms with Crippen LogP contribution in [0.15, 0.2) is 60.7 Å². The molecular weight excluding hydrogens is 496 g/mol. The van der Waals surface area contributed by atoms with Gasteiger partial charge in [-0.2, -0.15) is 0 Å². The first-order valence-electron chi connectivity index (χ1n) is 9.88. The van der Waals surface area contributed by atoms with E-state index in [1.807, 2.05) is 50.2 Å². The largest absolute Gasteiger partial charge is 0.494 e. The van der Waals surface area contributed by atoms with Crippen molar-refractivity contribution in [2.75, 3.05) is 18.5 Å². The number of anilines is 1. The molecule has 0 amide bonds. The Bertz CT molecular complexity index is 963. The van der Waals surface area contributed by atoms with Gasteiger partial charge < -0.3 is 19.5 Å². The van der Waals surface area contributed by atoms with Crippen molar-refractivity contribution in [3.05, 3.63) is 81.2 Å². The first-order chi connectivity index (χ1) is 14.6. The lowest BCUT2D eigenvalue weighted by Crippen LogP contribution is -2.05. The predicted molar refractivity (Wildman–Crippen MR) is 126 cm³/mol. The molecule has 30 heavy (non-hydrogen) atoms. The number of rotatable bonds is 10. The number of hydrogen-bond donors (Lipinski definition) is 1. The second kappa shape index (κ2) is 11.1. The third-order valence-corrected chi connectivity index (χ3v) is 5.10. The summed E-state index contributed by atoms with van der Waals surface area (Å²) in [7, 11) is 0. The molecule has 0 saturated carbocycles. The van der Waals surface area contributed by atoms with E-state index in [-0.39, 0.29) is 12.4 Å². The third-order valence-electron chi connectivity index (χ3n) is 4.30. The molecule has 0 unspecified atom stereocenters. The molecule has 0 aliphatic rings. The van der Waals surface area contributed by atoms with Crippen LogP contribution in [0.5, 0.6) is 17.2 Å². The second-order valence-electron chi connectivity index (χ2n) is 6.57. The number of halogens is 2. The molecule has 3 rings (SSSR count). The minimum Gasteiger partial charge on any atom is -0.494 e. The van der Waals surface area contributed by atoms with E-state index in [2.05, 4.69) is 34.0 Å². The Labute approximate surface area is 190 Å². The molecule has 3 aromatic rings. The van der Waals surface area contributed by atoms with Crippen molar-refractivity contribution in [2.45, 2.75) is 27.0 Å². The van der Waals surface area contributed by atoms with Crippen LogP contribution >= 0.6 is 22.6 Å². The summed E-state index contributed by atoms with van der Waals surface area (Å²) in [5.41, 5.74) is 2.86. The second-order valence-corrected chi connectivity index (χ2v) is 7.73. The molecule has 6 heteroatoms. The Balaban J connectivity index is 1.70. The topological polar surface area (TPSA) is 39.7 Å². The Morgan fingerprint density at radius 1 is 0.867 bits per heavy atom. The quantitative estimate of drug-likeness (QED) is 0.313. The van der Waals surface area contributed by atoms with Gasteiger partial charge in [-0.15, -0.1) is 0 Å². The lowest BCUT2D eigenvalue weighted by atomic mass is 10.2. The van der Waals surface area contributed by atoms with E-state index in [9.17, 15) is 4.39 Å². The number of benzene rings is 3. The van der Waals surface area contributed by atoms with Crippen molar-refractivity contribution < 1.29 is 18.6 Å². The first-order valence-corrected chi connectivity index (χ1v) is 11.0. The van der Waals surface area contributed by atoms with Gasteiger partial charge in [-0.1, -0.05) is 12.1 Å². The summed E-state index contributed by atoms with van der Waals surface area (Å²) in [5.74, 6) is 1.94. The molecular formula is C24H25FINO3. The molecule has 3 aromatic carbocycles. The zero-order chi connectivity index (χ0) is 21.3. The fourth-order valence-corrected chi connectivity index (χ4v) is 3.77. The molecule has 0 heterocycles. The zero-order valence-corrected chi connectivity index (χ0v) is 19.2. The SMILES string of the molecule is CCOc1ccc(NCc2cc(I)c(OCc3cccc(F)c3)c(OCC)c2)cc1. The predicted octanol–water partition coefficient (Wildman–Crippen LogP) is 6.42. The van der Waals surface area contributed by atoms with E-state index >= 15 is 0 Å². The standard InChI is InChI=1S/C24H25FINO3/c1-3-28-21-10-8-20(9-11-21)27-15-18-13-22(26)24(23(14-18)29-4-2)30-16-17-6-5-7-19(25)12-17/h5-14,27H,3-4,15-16H2,1-2H3. The zero-order valence-electron chi connectivity index (χ0n) is 17.1. The van der Waals surface area contributed by atoms with Crippen molar-refractivity contribution in [3.63, 3.8) is 0 Å². The van der Waals surface area contributed by atoms with Gasteiger partial charge in [0.1, 0.15) is 18.2 Å². The van der Waals surface area contributed by atoms with Crippen LogP contribution in [0.4, 0.5) is 10.1 Å². The molecule has 0 radical (unpaired) electrons. The molecule has 0 fully saturated rings. The Morgan fingerprint density at radius 2 is 1.63 bits per heavy atom. The summed E-state index contributed by atoms with van der Waals surface area (Å²) in [5, 5.41) is 3.41. The molecule has 0 aliphatic carbocycles. The lowest BCUT2D eigenvalue weighted by molar-refractivity contribution is 0.267. The van der Waals surface area contributed by atoms with E-state index < -0.39 is 0 Å². The molecule has 0 spiro atoms. The number of hydrogen-bond acceptors (Lipinski definition) is 4. The monoisotopic (exact) mass is 521 g/mol. The van der Waals surface area contributed by atoms with Crippen LogP contribution in [0.25, 0.3) is 0 Å². The van der Waals surface area contributed by atoms with E-state index in [0.717, 1.165) is 26.1 Å². The van der Waals surface area contributed by atoms with Gasteiger partial charge in [-0.3, -0.25) is 0 Å². The van der Waals surface area contributed by atoms with Gasteiger partial charge in [0.15, 0.2) is 11.5 Å². The van der Waals surface area contributed by atoms with Crippen LogP contribution in [-0.4, -0.2) is 13.2 Å². The van der Waals surface area contributed by atoms with Gasteiger partial charge in [0.25, 0.3) is 0 Å². The third kappa shape index (κ3) is 6.26. The van der Waals surface area contributed by atoms with Gasteiger partial charge in [0.2, 0.25) is 0 Å². The van der Waals surface area contributed by atoms with Gasteiger partial charge in [0, 0.05) is 12.2 Å². The van der Waals surface area contributed by atoms with Crippen molar-refractivity contribution >= 4 is 28.3 Å². The van der Waals surface area contributed by atoms with E-state index in [4.69, 9.17) is 14.2 Å². The maximum absolute atomic E-state index is 13.4. The summed E-state index contributed by atoms with van der Waals surface area (Å²) in [6, 6.07) is 18.3. The maximum Gasteiger partial charge on any atom is 0.174 e. The van der Waals surface area contributed by atoms with E-state index in [0.29, 0.717) is 31.3 Å². The summed E-state index contributed by atoms with van der Waals surface area (Å²) in [6.45, 7) is 6.01. The summed E-state index contributed by atoms with van der Waals surface area (Å²) < 4.78 is 31.6. The van der Waals surface area contributed by atoms with Crippen LogP contribution < -0.4 is 19.5 Å². The van der Waals surface area contributed by atoms with Gasteiger partial charge in [-0.25, -0.2) is 4.39 Å². The first kappa shape index (κ1) is 22.2. The van der Waals surface area contributed by atoms with Crippen LogP contribution in [0.2, 0.25) is 0 Å². The molecule has 4 nitrogen and oxygen atoms in total. The van der Waals surface area contributed by atoms with Crippen molar-refractivity contribution in [1.82, 2.24) is 0 Å². The molecule has 0 atom stereocenters. The van der Waals surface area contributed by atoms with Crippen molar-refractivity contribution in [2.24, 2.45) is 0 Å². The molecule has 0 aliphatic heterocycles. The van der Waals surface area contributed by atoms with Gasteiger partial charge in [-0.05, 0) is 96.1 Å². The maximum atomic E-state index is 13.4. The highest BCUT2D eigenvalue weighted by atomic mass is 127. The highest BCUT2D eigenvalue weighted by Gasteiger charge is 2.13. The summed E-state index contributed by atoms with van der Waals surface area (Å²) in [6.07, 6.45) is 0. The van der Waals surface area contributed by atoms with Crippen molar-refractivity contribution in [1.29, 1.82) is 0 Å². The average molecular weight is 521 g/mol. The Hall–Kier alpha value is -2.48. The van der Waals surface area contributed by atoms with Crippen LogP contribution in [0.1, 0.15) is 25.0 Å². The lowest BCUT2D eigenvalue weighted by Gasteiger charge is -2.16.